The summed E-state index contributed by atoms with van der Waals surface area (Å²) in [6, 6.07) is 15.7. The van der Waals surface area contributed by atoms with Crippen LogP contribution in [0.15, 0.2) is 52.9 Å². The highest BCUT2D eigenvalue weighted by molar-refractivity contribution is 7.22. The Kier molecular flexibility index (Phi) is 5.65. The van der Waals surface area contributed by atoms with Crippen molar-refractivity contribution in [3.63, 3.8) is 0 Å². The standard InChI is InChI=1S/C23H25N3O2S/c1-4-25(5-2)12-13-26(23-24-18-11-10-16(3)14-21(18)29-23)22(27)20-15-17-8-6-7-9-19(17)28-20/h6-11,14-15H,4-5,12-13H2,1-3H3. The van der Waals surface area contributed by atoms with Crippen molar-refractivity contribution in [3.8, 4) is 0 Å². The van der Waals surface area contributed by atoms with Crippen LogP contribution < -0.4 is 4.90 Å². The molecule has 2 aromatic heterocycles. The number of carbonyl (C=O) groups is 1. The van der Waals surface area contributed by atoms with E-state index in [0.717, 1.165) is 40.8 Å². The van der Waals surface area contributed by atoms with Gasteiger partial charge >= 0.3 is 0 Å². The lowest BCUT2D eigenvalue weighted by atomic mass is 10.2. The Balaban J connectivity index is 1.70. The quantitative estimate of drug-likeness (QED) is 0.415. The molecule has 150 valence electrons. The Morgan fingerprint density at radius 3 is 2.62 bits per heavy atom. The number of rotatable bonds is 7. The fourth-order valence-corrected chi connectivity index (χ4v) is 4.51. The first-order chi connectivity index (χ1) is 14.1. The van der Waals surface area contributed by atoms with Gasteiger partial charge in [-0.3, -0.25) is 9.69 Å². The number of likely N-dealkylation sites (N-methyl/N-ethyl adjacent to an activating group) is 1. The lowest BCUT2D eigenvalue weighted by Gasteiger charge is -2.24. The molecule has 0 saturated carbocycles. The number of para-hydroxylation sites is 1. The van der Waals surface area contributed by atoms with Crippen molar-refractivity contribution in [2.45, 2.75) is 20.8 Å². The molecule has 0 spiro atoms. The summed E-state index contributed by atoms with van der Waals surface area (Å²) in [5.41, 5.74) is 2.83. The number of carbonyl (C=O) groups excluding carboxylic acids is 1. The van der Waals surface area contributed by atoms with Gasteiger partial charge in [-0.25, -0.2) is 4.98 Å². The molecule has 29 heavy (non-hydrogen) atoms. The highest BCUT2D eigenvalue weighted by atomic mass is 32.1. The Morgan fingerprint density at radius 1 is 1.07 bits per heavy atom. The minimum atomic E-state index is -0.149. The van der Waals surface area contributed by atoms with Gasteiger partial charge in [-0.2, -0.15) is 0 Å². The summed E-state index contributed by atoms with van der Waals surface area (Å²) in [5.74, 6) is 0.199. The average molecular weight is 408 g/mol. The summed E-state index contributed by atoms with van der Waals surface area (Å²) in [7, 11) is 0. The Labute approximate surface area is 174 Å². The molecular weight excluding hydrogens is 382 g/mol. The van der Waals surface area contributed by atoms with Crippen molar-refractivity contribution < 1.29 is 9.21 Å². The molecule has 0 atom stereocenters. The van der Waals surface area contributed by atoms with Crippen LogP contribution in [-0.4, -0.2) is 42.0 Å². The van der Waals surface area contributed by atoms with Gasteiger partial charge in [-0.05, 0) is 49.8 Å². The Hall–Kier alpha value is -2.70. The van der Waals surface area contributed by atoms with Crippen LogP contribution in [0, 0.1) is 6.92 Å². The summed E-state index contributed by atoms with van der Waals surface area (Å²) < 4.78 is 6.95. The highest BCUT2D eigenvalue weighted by Gasteiger charge is 2.24. The molecule has 4 rings (SSSR count). The number of hydrogen-bond donors (Lipinski definition) is 0. The first kappa shape index (κ1) is 19.6. The second-order valence-electron chi connectivity index (χ2n) is 7.10. The minimum absolute atomic E-state index is 0.149. The van der Waals surface area contributed by atoms with Gasteiger partial charge in [0.2, 0.25) is 0 Å². The van der Waals surface area contributed by atoms with Gasteiger partial charge in [0.25, 0.3) is 5.91 Å². The molecule has 0 radical (unpaired) electrons. The van der Waals surface area contributed by atoms with Crippen molar-refractivity contribution >= 4 is 43.6 Å². The smallest absolute Gasteiger partial charge is 0.295 e. The first-order valence-corrected chi connectivity index (χ1v) is 10.8. The number of anilines is 1. The number of nitrogens with zero attached hydrogens (tertiary/aromatic N) is 3. The maximum Gasteiger partial charge on any atom is 0.295 e. The second kappa shape index (κ2) is 8.35. The first-order valence-electron chi connectivity index (χ1n) is 9.99. The van der Waals surface area contributed by atoms with Crippen molar-refractivity contribution in [1.82, 2.24) is 9.88 Å². The van der Waals surface area contributed by atoms with Gasteiger partial charge in [-0.1, -0.05) is 49.4 Å². The molecule has 2 aromatic carbocycles. The lowest BCUT2D eigenvalue weighted by Crippen LogP contribution is -2.38. The zero-order valence-electron chi connectivity index (χ0n) is 17.0. The van der Waals surface area contributed by atoms with Crippen molar-refractivity contribution in [3.05, 3.63) is 59.9 Å². The van der Waals surface area contributed by atoms with E-state index in [9.17, 15) is 4.79 Å². The van der Waals surface area contributed by atoms with Crippen LogP contribution in [0.5, 0.6) is 0 Å². The minimum Gasteiger partial charge on any atom is -0.451 e. The van der Waals surface area contributed by atoms with Gasteiger partial charge < -0.3 is 9.32 Å². The molecule has 5 nitrogen and oxygen atoms in total. The Morgan fingerprint density at radius 2 is 1.86 bits per heavy atom. The predicted molar refractivity (Wildman–Crippen MR) is 120 cm³/mol. The maximum absolute atomic E-state index is 13.4. The van der Waals surface area contributed by atoms with Crippen molar-refractivity contribution in [2.75, 3.05) is 31.1 Å². The van der Waals surface area contributed by atoms with Crippen LogP contribution in [0.25, 0.3) is 21.2 Å². The molecule has 2 heterocycles. The molecule has 0 aliphatic rings. The summed E-state index contributed by atoms with van der Waals surface area (Å²) in [6.45, 7) is 9.58. The molecule has 0 aliphatic heterocycles. The summed E-state index contributed by atoms with van der Waals surface area (Å²) >= 11 is 1.55. The molecular formula is C23H25N3O2S. The summed E-state index contributed by atoms with van der Waals surface area (Å²) in [4.78, 5) is 22.2. The SMILES string of the molecule is CCN(CC)CCN(C(=O)c1cc2ccccc2o1)c1nc2ccc(C)cc2s1. The molecule has 6 heteroatoms. The molecule has 0 bridgehead atoms. The van der Waals surface area contributed by atoms with Crippen LogP contribution >= 0.6 is 11.3 Å². The largest absolute Gasteiger partial charge is 0.451 e. The lowest BCUT2D eigenvalue weighted by molar-refractivity contribution is 0.0959. The van der Waals surface area contributed by atoms with Crippen molar-refractivity contribution in [1.29, 1.82) is 0 Å². The highest BCUT2D eigenvalue weighted by Crippen LogP contribution is 2.31. The number of hydrogen-bond acceptors (Lipinski definition) is 5. The Bertz CT molecular complexity index is 1110. The average Bonchev–Trinajstić information content (AvgIpc) is 3.34. The van der Waals surface area contributed by atoms with Gasteiger partial charge in [-0.15, -0.1) is 0 Å². The van der Waals surface area contributed by atoms with E-state index in [4.69, 9.17) is 9.40 Å². The number of thiazole rings is 1. The van der Waals surface area contributed by atoms with E-state index >= 15 is 0 Å². The third-order valence-electron chi connectivity index (χ3n) is 5.18. The fourth-order valence-electron chi connectivity index (χ4n) is 3.42. The number of aromatic nitrogens is 1. The molecule has 4 aromatic rings. The number of fused-ring (bicyclic) bond motifs is 2. The fraction of sp³-hybridized carbons (Fsp3) is 0.304. The molecule has 0 saturated heterocycles. The topological polar surface area (TPSA) is 49.6 Å². The van der Waals surface area contributed by atoms with E-state index in [0.29, 0.717) is 17.4 Å². The van der Waals surface area contributed by atoms with Gasteiger partial charge in [0.05, 0.1) is 10.2 Å². The molecule has 0 fully saturated rings. The van der Waals surface area contributed by atoms with Crippen molar-refractivity contribution in [2.24, 2.45) is 0 Å². The van der Waals surface area contributed by atoms with E-state index in [1.807, 2.05) is 42.5 Å². The zero-order valence-corrected chi connectivity index (χ0v) is 17.8. The van der Waals surface area contributed by atoms with Crippen LogP contribution in [0.4, 0.5) is 5.13 Å². The van der Waals surface area contributed by atoms with E-state index in [1.165, 1.54) is 5.56 Å². The predicted octanol–water partition coefficient (Wildman–Crippen LogP) is 5.34. The number of furan rings is 1. The molecule has 0 N–H and O–H groups in total. The van der Waals surface area contributed by atoms with Gasteiger partial charge in [0, 0.05) is 18.5 Å². The third kappa shape index (κ3) is 4.04. The van der Waals surface area contributed by atoms with E-state index in [1.54, 1.807) is 16.2 Å². The summed E-state index contributed by atoms with van der Waals surface area (Å²) in [6.07, 6.45) is 0. The molecule has 0 unspecified atom stereocenters. The van der Waals surface area contributed by atoms with Crippen LogP contribution in [0.2, 0.25) is 0 Å². The normalized spacial score (nSPS) is 11.6. The van der Waals surface area contributed by atoms with Gasteiger partial charge in [0.1, 0.15) is 5.58 Å². The van der Waals surface area contributed by atoms with Crippen LogP contribution in [0.3, 0.4) is 0 Å². The second-order valence-corrected chi connectivity index (χ2v) is 8.11. The number of aryl methyl sites for hydroxylation is 1. The maximum atomic E-state index is 13.4. The monoisotopic (exact) mass is 407 g/mol. The van der Waals surface area contributed by atoms with E-state index in [-0.39, 0.29) is 5.91 Å². The van der Waals surface area contributed by atoms with Crippen LogP contribution in [-0.2, 0) is 0 Å². The molecule has 0 aliphatic carbocycles. The molecule has 1 amide bonds. The van der Waals surface area contributed by atoms with Gasteiger partial charge in [0.15, 0.2) is 10.9 Å². The number of benzene rings is 2. The number of amides is 1. The third-order valence-corrected chi connectivity index (χ3v) is 6.22. The zero-order chi connectivity index (χ0) is 20.4. The van der Waals surface area contributed by atoms with E-state index < -0.39 is 0 Å². The van der Waals surface area contributed by atoms with Crippen LogP contribution in [0.1, 0.15) is 30.0 Å². The summed E-state index contributed by atoms with van der Waals surface area (Å²) in [5, 5.41) is 1.64. The van der Waals surface area contributed by atoms with E-state index in [2.05, 4.69) is 31.7 Å².